The van der Waals surface area contributed by atoms with Crippen molar-refractivity contribution in [2.24, 2.45) is 0 Å². The normalized spacial score (nSPS) is 16.0. The highest BCUT2D eigenvalue weighted by Gasteiger charge is 2.33. The molecule has 1 aromatic heterocycles. The Labute approximate surface area is 188 Å². The van der Waals surface area contributed by atoms with Crippen LogP contribution in [0.3, 0.4) is 0 Å². The lowest BCUT2D eigenvalue weighted by Crippen LogP contribution is -2.36. The van der Waals surface area contributed by atoms with Gasteiger partial charge in [0, 0.05) is 29.1 Å². The molecule has 0 N–H and O–H groups in total. The van der Waals surface area contributed by atoms with E-state index >= 15 is 0 Å². The molecule has 1 aliphatic heterocycles. The summed E-state index contributed by atoms with van der Waals surface area (Å²) in [5, 5.41) is 2.18. The molecule has 0 bridgehead atoms. The van der Waals surface area contributed by atoms with E-state index in [1.54, 1.807) is 11.3 Å². The van der Waals surface area contributed by atoms with E-state index in [-0.39, 0.29) is 5.97 Å². The number of benzene rings is 2. The van der Waals surface area contributed by atoms with Crippen LogP contribution in [-0.2, 0) is 19.7 Å². The van der Waals surface area contributed by atoms with Gasteiger partial charge in [-0.3, -0.25) is 4.79 Å². The van der Waals surface area contributed by atoms with Crippen LogP contribution in [-0.4, -0.2) is 38.9 Å². The Hall–Kier alpha value is -2.63. The molecule has 1 unspecified atom stereocenters. The van der Waals surface area contributed by atoms with Gasteiger partial charge in [0.15, 0.2) is 0 Å². The van der Waals surface area contributed by atoms with Gasteiger partial charge in [-0.2, -0.15) is 0 Å². The minimum Gasteiger partial charge on any atom is -0.466 e. The van der Waals surface area contributed by atoms with Crippen LogP contribution in [0.2, 0.25) is 0 Å². The molecule has 1 saturated heterocycles. The molecule has 2 aromatic carbocycles. The fourth-order valence-electron chi connectivity index (χ4n) is 4.11. The van der Waals surface area contributed by atoms with Crippen LogP contribution >= 0.6 is 11.3 Å². The summed E-state index contributed by atoms with van der Waals surface area (Å²) in [6.45, 7) is 7.73. The molecule has 162 valence electrons. The van der Waals surface area contributed by atoms with Crippen LogP contribution < -0.4 is 4.90 Å². The Morgan fingerprint density at radius 3 is 2.45 bits per heavy atom. The fourth-order valence-corrected chi connectivity index (χ4v) is 5.16. The van der Waals surface area contributed by atoms with Gasteiger partial charge in [0.1, 0.15) is 0 Å². The van der Waals surface area contributed by atoms with Crippen LogP contribution in [0.25, 0.3) is 10.4 Å². The van der Waals surface area contributed by atoms with Gasteiger partial charge >= 0.3 is 5.97 Å². The molecule has 4 rings (SSSR count). The van der Waals surface area contributed by atoms with Gasteiger partial charge in [-0.05, 0) is 47.2 Å². The summed E-state index contributed by atoms with van der Waals surface area (Å²) in [6, 6.07) is 21.2. The highest BCUT2D eigenvalue weighted by atomic mass is 32.1. The van der Waals surface area contributed by atoms with Gasteiger partial charge in [0.05, 0.1) is 26.2 Å². The second-order valence-electron chi connectivity index (χ2n) is 8.03. The van der Waals surface area contributed by atoms with Crippen molar-refractivity contribution in [2.45, 2.75) is 25.7 Å². The van der Waals surface area contributed by atoms with E-state index in [0.29, 0.717) is 13.0 Å². The molecule has 0 spiro atoms. The number of hydrogen-bond donors (Lipinski definition) is 0. The third kappa shape index (κ3) is 4.83. The van der Waals surface area contributed by atoms with Crippen LogP contribution in [0.1, 0.15) is 31.4 Å². The first kappa shape index (κ1) is 21.6. The van der Waals surface area contributed by atoms with Crippen molar-refractivity contribution in [3.8, 4) is 10.4 Å². The third-order valence-corrected chi connectivity index (χ3v) is 6.96. The number of thiophene rings is 1. The van der Waals surface area contributed by atoms with Gasteiger partial charge in [-0.15, -0.1) is 11.3 Å². The summed E-state index contributed by atoms with van der Waals surface area (Å²) in [5.41, 5.74) is 4.19. The number of anilines is 1. The summed E-state index contributed by atoms with van der Waals surface area (Å²) >= 11 is 1.72. The molecular weight excluding hydrogens is 406 g/mol. The Balaban J connectivity index is 1.66. The van der Waals surface area contributed by atoms with Crippen LogP contribution in [0.4, 0.5) is 5.69 Å². The Bertz CT molecular complexity index is 993. The quantitative estimate of drug-likeness (QED) is 0.459. The topological polar surface area (TPSA) is 38.8 Å². The highest BCUT2D eigenvalue weighted by Crippen LogP contribution is 2.41. The van der Waals surface area contributed by atoms with Crippen LogP contribution in [0.15, 0.2) is 66.0 Å². The van der Waals surface area contributed by atoms with E-state index in [0.717, 1.165) is 37.4 Å². The number of morpholine rings is 1. The number of esters is 1. The van der Waals surface area contributed by atoms with Gasteiger partial charge in [0.2, 0.25) is 0 Å². The number of hydrogen-bond acceptors (Lipinski definition) is 5. The lowest BCUT2D eigenvalue weighted by molar-refractivity contribution is -0.144. The average Bonchev–Trinajstić information content (AvgIpc) is 3.32. The summed E-state index contributed by atoms with van der Waals surface area (Å²) in [5.74, 6) is -0.172. The zero-order valence-electron chi connectivity index (χ0n) is 18.2. The summed E-state index contributed by atoms with van der Waals surface area (Å²) in [4.78, 5) is 16.1. The highest BCUT2D eigenvalue weighted by molar-refractivity contribution is 7.13. The predicted octanol–water partition coefficient (Wildman–Crippen LogP) is 5.51. The molecule has 0 radical (unpaired) electrons. The molecular formula is C26H29NO3S. The van der Waals surface area contributed by atoms with Crippen molar-refractivity contribution < 1.29 is 14.3 Å². The van der Waals surface area contributed by atoms with E-state index in [2.05, 4.69) is 71.8 Å². The van der Waals surface area contributed by atoms with E-state index < -0.39 is 5.41 Å². The molecule has 5 heteroatoms. The number of rotatable bonds is 7. The monoisotopic (exact) mass is 435 g/mol. The van der Waals surface area contributed by atoms with Crippen molar-refractivity contribution in [3.63, 3.8) is 0 Å². The summed E-state index contributed by atoms with van der Waals surface area (Å²) in [7, 11) is 0. The van der Waals surface area contributed by atoms with Crippen LogP contribution in [0.5, 0.6) is 0 Å². The summed E-state index contributed by atoms with van der Waals surface area (Å²) < 4.78 is 10.8. The predicted molar refractivity (Wildman–Crippen MR) is 127 cm³/mol. The minimum atomic E-state index is -0.459. The molecule has 0 aliphatic carbocycles. The average molecular weight is 436 g/mol. The summed E-state index contributed by atoms with van der Waals surface area (Å²) in [6.07, 6.45) is 0.308. The first-order chi connectivity index (χ1) is 15.1. The molecule has 1 atom stereocenters. The zero-order valence-corrected chi connectivity index (χ0v) is 19.0. The standard InChI is InChI=1S/C26H29NO3S/c1-3-30-25(28)18-26(2,22-17-24(31-19-22)20-7-5-4-6-8-20)21-9-11-23(12-10-21)27-13-15-29-16-14-27/h4-12,17,19H,3,13-16,18H2,1-2H3. The second-order valence-corrected chi connectivity index (χ2v) is 8.94. The van der Waals surface area contributed by atoms with E-state index in [1.807, 2.05) is 13.0 Å². The SMILES string of the molecule is CCOC(=O)CC(C)(c1ccc(N2CCOCC2)cc1)c1csc(-c2ccccc2)c1. The van der Waals surface area contributed by atoms with Crippen molar-refractivity contribution >= 4 is 23.0 Å². The van der Waals surface area contributed by atoms with Gasteiger partial charge in [0.25, 0.3) is 0 Å². The van der Waals surface area contributed by atoms with Crippen molar-refractivity contribution in [1.29, 1.82) is 0 Å². The van der Waals surface area contributed by atoms with E-state index in [9.17, 15) is 4.79 Å². The second kappa shape index (κ2) is 9.67. The van der Waals surface area contributed by atoms with Gasteiger partial charge in [-0.25, -0.2) is 0 Å². The van der Waals surface area contributed by atoms with Crippen LogP contribution in [0, 0.1) is 0 Å². The maximum absolute atomic E-state index is 12.6. The molecule has 2 heterocycles. The largest absolute Gasteiger partial charge is 0.466 e. The third-order valence-electron chi connectivity index (χ3n) is 5.98. The first-order valence-electron chi connectivity index (χ1n) is 10.8. The lowest BCUT2D eigenvalue weighted by atomic mass is 9.74. The lowest BCUT2D eigenvalue weighted by Gasteiger charge is -2.31. The Morgan fingerprint density at radius 1 is 1.06 bits per heavy atom. The molecule has 1 aliphatic rings. The molecule has 0 amide bonds. The molecule has 31 heavy (non-hydrogen) atoms. The van der Waals surface area contributed by atoms with Gasteiger partial charge < -0.3 is 14.4 Å². The zero-order chi connectivity index (χ0) is 21.7. The maximum Gasteiger partial charge on any atom is 0.307 e. The molecule has 3 aromatic rings. The van der Waals surface area contributed by atoms with Crippen molar-refractivity contribution in [1.82, 2.24) is 0 Å². The molecule has 0 saturated carbocycles. The van der Waals surface area contributed by atoms with E-state index in [4.69, 9.17) is 9.47 Å². The van der Waals surface area contributed by atoms with Crippen molar-refractivity contribution in [3.05, 3.63) is 77.2 Å². The Kier molecular flexibility index (Phi) is 6.73. The number of carbonyl (C=O) groups is 1. The van der Waals surface area contributed by atoms with Gasteiger partial charge in [-0.1, -0.05) is 49.4 Å². The Morgan fingerprint density at radius 2 is 1.77 bits per heavy atom. The first-order valence-corrected chi connectivity index (χ1v) is 11.7. The number of nitrogens with zero attached hydrogens (tertiary/aromatic N) is 1. The van der Waals surface area contributed by atoms with Crippen molar-refractivity contribution in [2.75, 3.05) is 37.8 Å². The number of ether oxygens (including phenoxy) is 2. The fraction of sp³-hybridized carbons (Fsp3) is 0.346. The number of carbonyl (C=O) groups excluding carboxylic acids is 1. The maximum atomic E-state index is 12.6. The van der Waals surface area contributed by atoms with E-state index in [1.165, 1.54) is 16.1 Å². The smallest absolute Gasteiger partial charge is 0.307 e. The molecule has 1 fully saturated rings. The molecule has 4 nitrogen and oxygen atoms in total. The minimum absolute atomic E-state index is 0.172.